The highest BCUT2D eigenvalue weighted by atomic mass is 16.5. The summed E-state index contributed by atoms with van der Waals surface area (Å²) in [6.07, 6.45) is -0.435. The molecule has 2 N–H and O–H groups in total. The molecule has 0 spiro atoms. The Morgan fingerprint density at radius 3 is 2.63 bits per heavy atom. The molecule has 2 rings (SSSR count). The van der Waals surface area contributed by atoms with Crippen molar-refractivity contribution in [3.05, 3.63) is 29.8 Å². The fraction of sp³-hybridized carbons (Fsp3) is 0.500. The van der Waals surface area contributed by atoms with E-state index < -0.39 is 6.10 Å². The van der Waals surface area contributed by atoms with Crippen LogP contribution in [-0.2, 0) is 20.9 Å². The molecule has 5 nitrogen and oxygen atoms in total. The van der Waals surface area contributed by atoms with Gasteiger partial charge in [0, 0.05) is 18.8 Å². The molecule has 0 aliphatic carbocycles. The van der Waals surface area contributed by atoms with Crippen molar-refractivity contribution in [1.82, 2.24) is 4.90 Å². The number of carbonyl (C=O) groups excluding carboxylic acids is 1. The average Bonchev–Trinajstić information content (AvgIpc) is 2.46. The third-order valence-corrected chi connectivity index (χ3v) is 3.15. The molecule has 1 aromatic rings. The first-order valence-corrected chi connectivity index (χ1v) is 6.49. The second-order valence-corrected chi connectivity index (χ2v) is 4.63. The predicted octanol–water partition coefficient (Wildman–Crippen LogP) is 1.03. The molecular formula is C14H20N2O3. The summed E-state index contributed by atoms with van der Waals surface area (Å²) < 4.78 is 10.8. The largest absolute Gasteiger partial charge is 0.399 e. The first kappa shape index (κ1) is 13.8. The van der Waals surface area contributed by atoms with Crippen molar-refractivity contribution < 1.29 is 14.3 Å². The number of hydrogen-bond acceptors (Lipinski definition) is 4. The van der Waals surface area contributed by atoms with E-state index in [-0.39, 0.29) is 5.91 Å². The van der Waals surface area contributed by atoms with E-state index in [1.54, 1.807) is 11.8 Å². The van der Waals surface area contributed by atoms with Gasteiger partial charge in [-0.25, -0.2) is 0 Å². The van der Waals surface area contributed by atoms with E-state index in [4.69, 9.17) is 15.2 Å². The molecule has 104 valence electrons. The molecule has 1 aliphatic rings. The number of hydrogen-bond donors (Lipinski definition) is 1. The van der Waals surface area contributed by atoms with Crippen LogP contribution in [0, 0.1) is 0 Å². The number of nitrogen functional groups attached to an aromatic ring is 1. The Balaban J connectivity index is 1.81. The lowest BCUT2D eigenvalue weighted by atomic mass is 10.2. The highest BCUT2D eigenvalue weighted by molar-refractivity contribution is 5.80. The zero-order chi connectivity index (χ0) is 13.7. The maximum atomic E-state index is 12.1. The maximum Gasteiger partial charge on any atom is 0.251 e. The molecular weight excluding hydrogens is 244 g/mol. The van der Waals surface area contributed by atoms with Crippen LogP contribution in [0.15, 0.2) is 24.3 Å². The molecule has 1 aromatic carbocycles. The smallest absolute Gasteiger partial charge is 0.251 e. The average molecular weight is 264 g/mol. The number of benzene rings is 1. The normalized spacial score (nSPS) is 17.2. The Bertz CT molecular complexity index is 413. The van der Waals surface area contributed by atoms with Crippen molar-refractivity contribution in [3.8, 4) is 0 Å². The van der Waals surface area contributed by atoms with Gasteiger partial charge in [0.2, 0.25) is 0 Å². The van der Waals surface area contributed by atoms with Crippen LogP contribution in [0.4, 0.5) is 5.69 Å². The Hall–Kier alpha value is -1.59. The predicted molar refractivity (Wildman–Crippen MR) is 72.5 cm³/mol. The third-order valence-electron chi connectivity index (χ3n) is 3.15. The molecule has 0 aromatic heterocycles. The summed E-state index contributed by atoms with van der Waals surface area (Å²) in [5, 5.41) is 0. The second kappa shape index (κ2) is 6.54. The number of nitrogens with zero attached hydrogens (tertiary/aromatic N) is 1. The molecule has 5 heteroatoms. The standard InChI is InChI=1S/C14H20N2O3/c1-11(14(17)16-6-8-18-9-7-16)19-10-12-2-4-13(15)5-3-12/h2-5,11H,6-10,15H2,1H3. The summed E-state index contributed by atoms with van der Waals surface area (Å²) in [6.45, 7) is 4.71. The third kappa shape index (κ3) is 3.94. The molecule has 19 heavy (non-hydrogen) atoms. The Morgan fingerprint density at radius 2 is 2.00 bits per heavy atom. The molecule has 0 saturated carbocycles. The van der Waals surface area contributed by atoms with Crippen molar-refractivity contribution in [2.75, 3.05) is 32.0 Å². The van der Waals surface area contributed by atoms with Crippen LogP contribution in [0.1, 0.15) is 12.5 Å². The Kier molecular flexibility index (Phi) is 4.76. The first-order chi connectivity index (χ1) is 9.16. The highest BCUT2D eigenvalue weighted by Gasteiger charge is 2.22. The lowest BCUT2D eigenvalue weighted by Crippen LogP contribution is -2.45. The van der Waals surface area contributed by atoms with Crippen LogP contribution in [0.5, 0.6) is 0 Å². The van der Waals surface area contributed by atoms with Crippen LogP contribution >= 0.6 is 0 Å². The lowest BCUT2D eigenvalue weighted by molar-refractivity contribution is -0.147. The molecule has 1 fully saturated rings. The maximum absolute atomic E-state index is 12.1. The number of anilines is 1. The molecule has 1 heterocycles. The number of nitrogens with two attached hydrogens (primary N) is 1. The zero-order valence-electron chi connectivity index (χ0n) is 11.2. The molecule has 1 saturated heterocycles. The van der Waals surface area contributed by atoms with Crippen molar-refractivity contribution in [2.45, 2.75) is 19.6 Å². The van der Waals surface area contributed by atoms with Gasteiger partial charge in [0.1, 0.15) is 6.10 Å². The van der Waals surface area contributed by atoms with Gasteiger partial charge >= 0.3 is 0 Å². The van der Waals surface area contributed by atoms with Crippen LogP contribution in [0.2, 0.25) is 0 Å². The minimum Gasteiger partial charge on any atom is -0.399 e. The summed E-state index contributed by atoms with van der Waals surface area (Å²) >= 11 is 0. The number of morpholine rings is 1. The van der Waals surface area contributed by atoms with Gasteiger partial charge in [-0.05, 0) is 24.6 Å². The summed E-state index contributed by atoms with van der Waals surface area (Å²) in [5.74, 6) is 0.0266. The zero-order valence-corrected chi connectivity index (χ0v) is 11.2. The molecule has 1 unspecified atom stereocenters. The van der Waals surface area contributed by atoms with Gasteiger partial charge in [-0.1, -0.05) is 12.1 Å². The Morgan fingerprint density at radius 1 is 1.37 bits per heavy atom. The van der Waals surface area contributed by atoms with Crippen LogP contribution in [0.25, 0.3) is 0 Å². The van der Waals surface area contributed by atoms with Gasteiger partial charge in [-0.15, -0.1) is 0 Å². The van der Waals surface area contributed by atoms with E-state index in [0.717, 1.165) is 11.3 Å². The van der Waals surface area contributed by atoms with Crippen molar-refractivity contribution in [1.29, 1.82) is 0 Å². The Labute approximate surface area is 113 Å². The first-order valence-electron chi connectivity index (χ1n) is 6.49. The fourth-order valence-corrected chi connectivity index (χ4v) is 1.95. The molecule has 1 aliphatic heterocycles. The van der Waals surface area contributed by atoms with Gasteiger partial charge in [-0.3, -0.25) is 4.79 Å². The quantitative estimate of drug-likeness (QED) is 0.825. The second-order valence-electron chi connectivity index (χ2n) is 4.63. The van der Waals surface area contributed by atoms with Crippen molar-refractivity contribution >= 4 is 11.6 Å². The van der Waals surface area contributed by atoms with Crippen LogP contribution in [0.3, 0.4) is 0 Å². The summed E-state index contributed by atoms with van der Waals surface area (Å²) in [5.41, 5.74) is 7.35. The molecule has 1 atom stereocenters. The number of ether oxygens (including phenoxy) is 2. The fourth-order valence-electron chi connectivity index (χ4n) is 1.95. The van der Waals surface area contributed by atoms with Gasteiger partial charge in [0.15, 0.2) is 0 Å². The van der Waals surface area contributed by atoms with Crippen molar-refractivity contribution in [3.63, 3.8) is 0 Å². The van der Waals surface area contributed by atoms with Crippen molar-refractivity contribution in [2.24, 2.45) is 0 Å². The van der Waals surface area contributed by atoms with Gasteiger partial charge in [0.05, 0.1) is 19.8 Å². The van der Waals surface area contributed by atoms with Gasteiger partial charge < -0.3 is 20.1 Å². The van der Waals surface area contributed by atoms with E-state index in [1.165, 1.54) is 0 Å². The van der Waals surface area contributed by atoms with E-state index >= 15 is 0 Å². The van der Waals surface area contributed by atoms with Gasteiger partial charge in [-0.2, -0.15) is 0 Å². The van der Waals surface area contributed by atoms with Crippen LogP contribution in [-0.4, -0.2) is 43.2 Å². The summed E-state index contributed by atoms with van der Waals surface area (Å²) in [4.78, 5) is 13.9. The van der Waals surface area contributed by atoms with Crippen LogP contribution < -0.4 is 5.73 Å². The summed E-state index contributed by atoms with van der Waals surface area (Å²) in [7, 11) is 0. The van der Waals surface area contributed by atoms with Gasteiger partial charge in [0.25, 0.3) is 5.91 Å². The number of amides is 1. The summed E-state index contributed by atoms with van der Waals surface area (Å²) in [6, 6.07) is 7.46. The minimum atomic E-state index is -0.435. The van der Waals surface area contributed by atoms with E-state index in [0.29, 0.717) is 32.9 Å². The number of carbonyl (C=O) groups is 1. The molecule has 0 radical (unpaired) electrons. The molecule has 0 bridgehead atoms. The monoisotopic (exact) mass is 264 g/mol. The SMILES string of the molecule is CC(OCc1ccc(N)cc1)C(=O)N1CCOCC1. The van der Waals surface area contributed by atoms with E-state index in [9.17, 15) is 4.79 Å². The van der Waals surface area contributed by atoms with E-state index in [2.05, 4.69) is 0 Å². The lowest BCUT2D eigenvalue weighted by Gasteiger charge is -2.29. The highest BCUT2D eigenvalue weighted by Crippen LogP contribution is 2.09. The topological polar surface area (TPSA) is 64.8 Å². The van der Waals surface area contributed by atoms with E-state index in [1.807, 2.05) is 24.3 Å². The molecule has 1 amide bonds. The number of rotatable bonds is 4. The minimum absolute atomic E-state index is 0.0266.